The van der Waals surface area contributed by atoms with Gasteiger partial charge in [-0.25, -0.2) is 0 Å². The summed E-state index contributed by atoms with van der Waals surface area (Å²) < 4.78 is 11.7. The van der Waals surface area contributed by atoms with Crippen LogP contribution < -0.4 is 0 Å². The Balaban J connectivity index is 1.41. The molecule has 0 N–H and O–H groups in total. The normalized spacial score (nSPS) is 29.2. The molecule has 0 radical (unpaired) electrons. The van der Waals surface area contributed by atoms with Gasteiger partial charge in [0.2, 0.25) is 0 Å². The molecule has 102 valence electrons. The molecule has 1 aromatic rings. The zero-order chi connectivity index (χ0) is 12.7. The Morgan fingerprint density at radius 3 is 2.89 bits per heavy atom. The first kappa shape index (κ1) is 11.9. The zero-order valence-corrected chi connectivity index (χ0v) is 11.3. The van der Waals surface area contributed by atoms with Crippen molar-refractivity contribution in [2.24, 2.45) is 0 Å². The first-order valence-corrected chi connectivity index (χ1v) is 7.43. The van der Waals surface area contributed by atoms with Crippen LogP contribution in [0.5, 0.6) is 0 Å². The predicted molar refractivity (Wildman–Crippen MR) is 73.2 cm³/mol. The van der Waals surface area contributed by atoms with E-state index in [9.17, 15) is 0 Å². The van der Waals surface area contributed by atoms with E-state index in [0.29, 0.717) is 5.92 Å². The van der Waals surface area contributed by atoms with E-state index in [1.807, 2.05) is 0 Å². The van der Waals surface area contributed by atoms with Crippen LogP contribution in [-0.4, -0.2) is 43.5 Å². The summed E-state index contributed by atoms with van der Waals surface area (Å²) in [6, 6.07) is 8.84. The lowest BCUT2D eigenvalue weighted by Crippen LogP contribution is -2.50. The number of ether oxygens (including phenoxy) is 2. The van der Waals surface area contributed by atoms with Gasteiger partial charge in [0.25, 0.3) is 0 Å². The van der Waals surface area contributed by atoms with E-state index in [2.05, 4.69) is 29.2 Å². The molecule has 0 bridgehead atoms. The molecule has 3 aliphatic rings. The maximum absolute atomic E-state index is 5.85. The Hall–Kier alpha value is -0.900. The fourth-order valence-electron chi connectivity index (χ4n) is 3.80. The van der Waals surface area contributed by atoms with Crippen LogP contribution in [0.4, 0.5) is 0 Å². The van der Waals surface area contributed by atoms with Crippen LogP contribution in [0.1, 0.15) is 29.9 Å². The molecule has 3 heteroatoms. The van der Waals surface area contributed by atoms with E-state index in [0.717, 1.165) is 32.7 Å². The number of benzene rings is 1. The molecule has 2 aliphatic heterocycles. The highest BCUT2D eigenvalue weighted by atomic mass is 16.7. The predicted octanol–water partition coefficient (Wildman–Crippen LogP) is 2.17. The molecule has 1 aromatic carbocycles. The summed E-state index contributed by atoms with van der Waals surface area (Å²) in [5, 5.41) is 0. The number of nitrogens with zero attached hydrogens (tertiary/aromatic N) is 1. The average Bonchev–Trinajstić information content (AvgIpc) is 2.84. The van der Waals surface area contributed by atoms with Crippen LogP contribution in [0.15, 0.2) is 24.3 Å². The van der Waals surface area contributed by atoms with Gasteiger partial charge in [-0.2, -0.15) is 0 Å². The van der Waals surface area contributed by atoms with E-state index in [1.54, 1.807) is 5.56 Å². The zero-order valence-electron chi connectivity index (χ0n) is 11.3. The molecular weight excluding hydrogens is 238 g/mol. The van der Waals surface area contributed by atoms with Crippen LogP contribution in [-0.2, 0) is 15.9 Å². The molecule has 1 spiro atoms. The Morgan fingerprint density at radius 2 is 2.05 bits per heavy atom. The second-order valence-corrected chi connectivity index (χ2v) is 6.05. The Bertz CT molecular complexity index is 468. The van der Waals surface area contributed by atoms with Crippen molar-refractivity contribution in [3.8, 4) is 0 Å². The van der Waals surface area contributed by atoms with Crippen LogP contribution >= 0.6 is 0 Å². The monoisotopic (exact) mass is 259 g/mol. The molecule has 2 heterocycles. The number of fused-ring (bicyclic) bond motifs is 1. The molecule has 2 saturated heterocycles. The van der Waals surface area contributed by atoms with Crippen molar-refractivity contribution in [2.75, 3.05) is 32.8 Å². The van der Waals surface area contributed by atoms with Crippen molar-refractivity contribution < 1.29 is 9.47 Å². The van der Waals surface area contributed by atoms with E-state index < -0.39 is 0 Å². The third-order valence-electron chi connectivity index (χ3n) is 4.75. The fourth-order valence-corrected chi connectivity index (χ4v) is 3.80. The van der Waals surface area contributed by atoms with Gasteiger partial charge in [0, 0.05) is 18.9 Å². The highest BCUT2D eigenvalue weighted by Crippen LogP contribution is 2.37. The molecule has 3 nitrogen and oxygen atoms in total. The molecule has 2 fully saturated rings. The SMILES string of the molecule is c1ccc2c(c1)CC2CN1CCCC2(C1)OCCO2. The standard InChI is InChI=1S/C16H21NO2/c1-2-5-15-13(4-1)10-14(15)11-17-7-3-6-16(12-17)18-8-9-19-16/h1-2,4-5,14H,3,6-12H2. The Morgan fingerprint density at radius 1 is 1.21 bits per heavy atom. The first-order valence-electron chi connectivity index (χ1n) is 7.43. The minimum atomic E-state index is -0.276. The summed E-state index contributed by atoms with van der Waals surface area (Å²) in [6.45, 7) is 4.82. The van der Waals surface area contributed by atoms with Gasteiger partial charge in [-0.05, 0) is 30.5 Å². The number of likely N-dealkylation sites (tertiary alicyclic amines) is 1. The lowest BCUT2D eigenvalue weighted by Gasteiger charge is -2.42. The summed E-state index contributed by atoms with van der Waals surface area (Å²) in [5.74, 6) is 0.439. The molecular formula is C16H21NO2. The van der Waals surface area contributed by atoms with Crippen LogP contribution in [0.2, 0.25) is 0 Å². The second kappa shape index (κ2) is 4.58. The molecule has 0 saturated carbocycles. The van der Waals surface area contributed by atoms with E-state index in [-0.39, 0.29) is 5.79 Å². The average molecular weight is 259 g/mol. The second-order valence-electron chi connectivity index (χ2n) is 6.05. The van der Waals surface area contributed by atoms with Gasteiger partial charge < -0.3 is 9.47 Å². The number of hydrogen-bond acceptors (Lipinski definition) is 3. The summed E-state index contributed by atoms with van der Waals surface area (Å²) >= 11 is 0. The van der Waals surface area contributed by atoms with Crippen LogP contribution in [0.25, 0.3) is 0 Å². The van der Waals surface area contributed by atoms with E-state index >= 15 is 0 Å². The number of piperidine rings is 1. The van der Waals surface area contributed by atoms with Crippen molar-refractivity contribution in [1.82, 2.24) is 4.90 Å². The Labute approximate surface area is 114 Å². The molecule has 4 rings (SSSR count). The molecule has 0 aromatic heterocycles. The van der Waals surface area contributed by atoms with Crippen molar-refractivity contribution in [1.29, 1.82) is 0 Å². The molecule has 0 amide bonds. The number of hydrogen-bond donors (Lipinski definition) is 0. The molecule has 19 heavy (non-hydrogen) atoms. The largest absolute Gasteiger partial charge is 0.346 e. The Kier molecular flexibility index (Phi) is 2.87. The first-order chi connectivity index (χ1) is 9.35. The van der Waals surface area contributed by atoms with Crippen molar-refractivity contribution in [3.05, 3.63) is 35.4 Å². The molecule has 1 unspecified atom stereocenters. The lowest BCUT2D eigenvalue weighted by atomic mass is 9.77. The maximum Gasteiger partial charge on any atom is 0.181 e. The third kappa shape index (κ3) is 2.10. The minimum Gasteiger partial charge on any atom is -0.346 e. The van der Waals surface area contributed by atoms with Crippen molar-refractivity contribution in [3.63, 3.8) is 0 Å². The van der Waals surface area contributed by atoms with Gasteiger partial charge >= 0.3 is 0 Å². The smallest absolute Gasteiger partial charge is 0.181 e. The van der Waals surface area contributed by atoms with E-state index in [1.165, 1.54) is 24.9 Å². The van der Waals surface area contributed by atoms with Gasteiger partial charge in [0.15, 0.2) is 5.79 Å². The topological polar surface area (TPSA) is 21.7 Å². The summed E-state index contributed by atoms with van der Waals surface area (Å²) in [6.07, 6.45) is 3.49. The van der Waals surface area contributed by atoms with Gasteiger partial charge in [0.05, 0.1) is 19.8 Å². The lowest BCUT2D eigenvalue weighted by molar-refractivity contribution is -0.189. The van der Waals surface area contributed by atoms with Gasteiger partial charge in [0.1, 0.15) is 0 Å². The van der Waals surface area contributed by atoms with Gasteiger partial charge in [-0.15, -0.1) is 0 Å². The summed E-state index contributed by atoms with van der Waals surface area (Å²) in [4.78, 5) is 2.54. The third-order valence-corrected chi connectivity index (χ3v) is 4.75. The van der Waals surface area contributed by atoms with Crippen molar-refractivity contribution >= 4 is 0 Å². The van der Waals surface area contributed by atoms with E-state index in [4.69, 9.17) is 9.47 Å². The quantitative estimate of drug-likeness (QED) is 0.812. The van der Waals surface area contributed by atoms with Gasteiger partial charge in [-0.1, -0.05) is 24.3 Å². The minimum absolute atomic E-state index is 0.276. The highest BCUT2D eigenvalue weighted by molar-refractivity contribution is 5.40. The number of rotatable bonds is 2. The summed E-state index contributed by atoms with van der Waals surface area (Å²) in [7, 11) is 0. The fraction of sp³-hybridized carbons (Fsp3) is 0.625. The molecule has 1 atom stereocenters. The van der Waals surface area contributed by atoms with Crippen molar-refractivity contribution in [2.45, 2.75) is 31.0 Å². The summed E-state index contributed by atoms with van der Waals surface area (Å²) in [5.41, 5.74) is 3.09. The maximum atomic E-state index is 5.85. The van der Waals surface area contributed by atoms with Crippen LogP contribution in [0, 0.1) is 0 Å². The van der Waals surface area contributed by atoms with Crippen LogP contribution in [0.3, 0.4) is 0 Å². The van der Waals surface area contributed by atoms with Gasteiger partial charge in [-0.3, -0.25) is 4.90 Å². The highest BCUT2D eigenvalue weighted by Gasteiger charge is 2.41. The molecule has 1 aliphatic carbocycles.